The second-order valence-electron chi connectivity index (χ2n) is 6.60. The molecule has 1 fully saturated rings. The zero-order valence-electron chi connectivity index (χ0n) is 12.1. The predicted octanol–water partition coefficient (Wildman–Crippen LogP) is 4.16. The molecule has 1 aliphatic rings. The molecule has 0 aliphatic carbocycles. The highest BCUT2D eigenvalue weighted by molar-refractivity contribution is 6.90. The molecular weight excluding hydrogens is 246 g/mol. The fourth-order valence-electron chi connectivity index (χ4n) is 3.61. The molecule has 0 aromatic rings. The van der Waals surface area contributed by atoms with Crippen molar-refractivity contribution in [2.45, 2.75) is 63.6 Å². The molecule has 6 heteroatoms. The molecule has 5 nitrogen and oxygen atoms in total. The number of hydrogen-bond donors (Lipinski definition) is 0. The maximum absolute atomic E-state index is 12.1. The van der Waals surface area contributed by atoms with Crippen LogP contribution in [0, 0.1) is 0 Å². The zero-order valence-corrected chi connectivity index (χ0v) is 13.1. The van der Waals surface area contributed by atoms with Gasteiger partial charge < -0.3 is 4.74 Å². The van der Waals surface area contributed by atoms with Crippen molar-refractivity contribution in [3.63, 3.8) is 0 Å². The minimum Gasteiger partial charge on any atom is -0.466 e. The Morgan fingerprint density at radius 3 is 2.44 bits per heavy atom. The molecular formula is C12H23N3O2Si. The van der Waals surface area contributed by atoms with E-state index >= 15 is 0 Å². The van der Waals surface area contributed by atoms with Crippen LogP contribution in [0.1, 0.15) is 48.0 Å². The van der Waals surface area contributed by atoms with Crippen molar-refractivity contribution in [1.29, 1.82) is 0 Å². The lowest BCUT2D eigenvalue weighted by Crippen LogP contribution is -2.65. The van der Waals surface area contributed by atoms with Crippen molar-refractivity contribution in [3.8, 4) is 0 Å². The number of ether oxygens (including phenoxy) is 1. The average molecular weight is 269 g/mol. The molecule has 0 aromatic carbocycles. The molecule has 1 saturated heterocycles. The van der Waals surface area contributed by atoms with Gasteiger partial charge in [-0.15, -0.1) is 4.78 Å². The number of azide groups is 1. The highest BCUT2D eigenvalue weighted by atomic mass is 28.3. The summed E-state index contributed by atoms with van der Waals surface area (Å²) in [6, 6.07) is 0. The van der Waals surface area contributed by atoms with Gasteiger partial charge in [-0.05, 0) is 33.9 Å². The van der Waals surface area contributed by atoms with Gasteiger partial charge in [0.15, 0.2) is 8.24 Å². The van der Waals surface area contributed by atoms with Gasteiger partial charge in [-0.25, -0.2) is 0 Å². The summed E-state index contributed by atoms with van der Waals surface area (Å²) in [7, 11) is -2.47. The van der Waals surface area contributed by atoms with Crippen LogP contribution < -0.4 is 0 Å². The smallest absolute Gasteiger partial charge is 0.306 e. The quantitative estimate of drug-likeness (QED) is 0.253. The molecule has 0 aromatic heterocycles. The Morgan fingerprint density at radius 1 is 1.56 bits per heavy atom. The summed E-state index contributed by atoms with van der Waals surface area (Å²) in [4.78, 5) is 15.1. The van der Waals surface area contributed by atoms with Gasteiger partial charge in [0.25, 0.3) is 0 Å². The van der Waals surface area contributed by atoms with E-state index in [1.165, 1.54) is 0 Å². The molecule has 2 atom stereocenters. The lowest BCUT2D eigenvalue weighted by Gasteiger charge is -2.62. The van der Waals surface area contributed by atoms with Crippen LogP contribution in [0.25, 0.3) is 10.4 Å². The van der Waals surface area contributed by atoms with Gasteiger partial charge in [0.1, 0.15) is 0 Å². The summed E-state index contributed by atoms with van der Waals surface area (Å²) < 4.78 is 9.34. The fourth-order valence-corrected chi connectivity index (χ4v) is 9.87. The third-order valence-electron chi connectivity index (χ3n) is 4.17. The molecule has 1 heterocycles. The first-order valence-corrected chi connectivity index (χ1v) is 8.39. The molecule has 0 bridgehead atoms. The highest BCUT2D eigenvalue weighted by Crippen LogP contribution is 2.70. The van der Waals surface area contributed by atoms with Crippen LogP contribution in [0.15, 0.2) is 4.78 Å². The Kier molecular flexibility index (Phi) is 3.84. The summed E-state index contributed by atoms with van der Waals surface area (Å²) in [6.45, 7) is 12.6. The molecule has 102 valence electrons. The van der Waals surface area contributed by atoms with Crippen LogP contribution in [0.3, 0.4) is 0 Å². The highest BCUT2D eigenvalue weighted by Gasteiger charge is 2.70. The number of esters is 1. The van der Waals surface area contributed by atoms with E-state index in [-0.39, 0.29) is 21.6 Å². The Bertz CT molecular complexity index is 385. The normalized spacial score (nSPS) is 30.0. The monoisotopic (exact) mass is 269 g/mol. The van der Waals surface area contributed by atoms with Gasteiger partial charge in [0, 0.05) is 0 Å². The second-order valence-corrected chi connectivity index (χ2v) is 11.9. The Morgan fingerprint density at radius 2 is 2.11 bits per heavy atom. The molecule has 1 rings (SSSR count). The van der Waals surface area contributed by atoms with Gasteiger partial charge in [-0.1, -0.05) is 34.6 Å². The SMILES string of the molecule is CCOC(=O)[C@H]1CC(C)(C)[Si@]1(N=[N+]=[N-])C(C)(C)C. The van der Waals surface area contributed by atoms with Crippen LogP contribution in [0.5, 0.6) is 0 Å². The molecule has 0 amide bonds. The van der Waals surface area contributed by atoms with Crippen molar-refractivity contribution < 1.29 is 9.53 Å². The minimum absolute atomic E-state index is 0.0606. The predicted molar refractivity (Wildman–Crippen MR) is 73.7 cm³/mol. The molecule has 0 unspecified atom stereocenters. The minimum atomic E-state index is -2.47. The summed E-state index contributed by atoms with van der Waals surface area (Å²) in [5, 5.41) is -0.215. The van der Waals surface area contributed by atoms with E-state index in [9.17, 15) is 4.79 Å². The summed E-state index contributed by atoms with van der Waals surface area (Å²) in [5.41, 5.74) is 8.73. The van der Waals surface area contributed by atoms with E-state index in [1.54, 1.807) is 6.92 Å². The fraction of sp³-hybridized carbons (Fsp3) is 0.917. The van der Waals surface area contributed by atoms with E-state index in [0.717, 1.165) is 6.42 Å². The largest absolute Gasteiger partial charge is 0.466 e. The molecule has 18 heavy (non-hydrogen) atoms. The van der Waals surface area contributed by atoms with Gasteiger partial charge >= 0.3 is 5.97 Å². The Labute approximate surface area is 110 Å². The van der Waals surface area contributed by atoms with E-state index in [2.05, 4.69) is 44.3 Å². The number of hydrogen-bond acceptors (Lipinski definition) is 3. The standard InChI is InChI=1S/C12H23N3O2Si/c1-7-17-10(16)9-8-12(5,6)18(9,15-14-13)11(2,3)4/h9H,7-8H2,1-6H3/t9-,18-/m1/s1. The second kappa shape index (κ2) is 4.59. The average Bonchev–Trinajstić information content (AvgIpc) is 2.21. The number of nitrogens with zero attached hydrogens (tertiary/aromatic N) is 3. The van der Waals surface area contributed by atoms with Gasteiger partial charge in [0.2, 0.25) is 0 Å². The van der Waals surface area contributed by atoms with Crippen molar-refractivity contribution >= 4 is 14.2 Å². The van der Waals surface area contributed by atoms with E-state index in [0.29, 0.717) is 6.61 Å². The van der Waals surface area contributed by atoms with Crippen molar-refractivity contribution in [2.24, 2.45) is 4.78 Å². The lowest BCUT2D eigenvalue weighted by molar-refractivity contribution is -0.144. The lowest BCUT2D eigenvalue weighted by atomic mass is 10.0. The van der Waals surface area contributed by atoms with E-state index in [1.807, 2.05) is 0 Å². The summed E-state index contributed by atoms with van der Waals surface area (Å²) in [6.07, 6.45) is 0.758. The third-order valence-corrected chi connectivity index (χ3v) is 10.6. The van der Waals surface area contributed by atoms with Crippen LogP contribution in [-0.4, -0.2) is 20.8 Å². The molecule has 0 spiro atoms. The number of rotatable bonds is 3. The van der Waals surface area contributed by atoms with Crippen LogP contribution >= 0.6 is 0 Å². The van der Waals surface area contributed by atoms with Gasteiger partial charge in [-0.3, -0.25) is 4.79 Å². The molecule has 0 N–H and O–H groups in total. The maximum Gasteiger partial charge on any atom is 0.306 e. The Balaban J connectivity index is 3.25. The van der Waals surface area contributed by atoms with Gasteiger partial charge in [-0.2, -0.15) is 0 Å². The van der Waals surface area contributed by atoms with Crippen molar-refractivity contribution in [1.82, 2.24) is 0 Å². The summed E-state index contributed by atoms with van der Waals surface area (Å²) >= 11 is 0. The Hall–Kier alpha value is -1.00. The molecule has 1 aliphatic heterocycles. The maximum atomic E-state index is 12.1. The third kappa shape index (κ3) is 1.93. The number of carbonyl (C=O) groups is 1. The van der Waals surface area contributed by atoms with Crippen LogP contribution in [0.2, 0.25) is 15.6 Å². The molecule has 0 radical (unpaired) electrons. The van der Waals surface area contributed by atoms with Crippen molar-refractivity contribution in [2.75, 3.05) is 6.61 Å². The van der Waals surface area contributed by atoms with Gasteiger partial charge in [0.05, 0.1) is 12.1 Å². The first-order valence-electron chi connectivity index (χ1n) is 6.37. The van der Waals surface area contributed by atoms with Crippen LogP contribution in [-0.2, 0) is 9.53 Å². The molecule has 0 saturated carbocycles. The van der Waals surface area contributed by atoms with Crippen LogP contribution in [0.4, 0.5) is 0 Å². The van der Waals surface area contributed by atoms with Crippen molar-refractivity contribution in [3.05, 3.63) is 10.4 Å². The van der Waals surface area contributed by atoms with E-state index < -0.39 is 8.24 Å². The number of carbonyl (C=O) groups excluding carboxylic acids is 1. The van der Waals surface area contributed by atoms with E-state index in [4.69, 9.17) is 10.3 Å². The first kappa shape index (κ1) is 15.1. The summed E-state index contributed by atoms with van der Waals surface area (Å²) in [5.74, 6) is -0.189. The topological polar surface area (TPSA) is 75.1 Å². The zero-order chi connectivity index (χ0) is 14.2. The first-order chi connectivity index (χ1) is 8.14.